The second-order valence-corrected chi connectivity index (χ2v) is 4.86. The number of halogens is 1. The molecule has 0 saturated carbocycles. The number of nitrogens with one attached hydrogen (secondary N) is 1. The van der Waals surface area contributed by atoms with Gasteiger partial charge < -0.3 is 10.4 Å². The van der Waals surface area contributed by atoms with Gasteiger partial charge in [-0.2, -0.15) is 0 Å². The number of aromatic hydroxyl groups is 1. The topological polar surface area (TPSA) is 49.3 Å². The molecule has 0 heterocycles. The molecule has 0 unspecified atom stereocenters. The summed E-state index contributed by atoms with van der Waals surface area (Å²) in [6, 6.07) is 10.2. The Morgan fingerprint density at radius 2 is 1.95 bits per heavy atom. The van der Waals surface area contributed by atoms with Gasteiger partial charge in [-0.3, -0.25) is 4.79 Å². The standard InChI is InChI=1S/C15H14ClNO2/c1-9-6-11(8-12(16)7-9)15(19)17-13-4-3-5-14(18)10(13)2/h3-8,18H,1-2H3,(H,17,19). The lowest BCUT2D eigenvalue weighted by Crippen LogP contribution is -2.13. The first-order chi connectivity index (χ1) is 8.97. The third-order valence-corrected chi connectivity index (χ3v) is 3.08. The minimum absolute atomic E-state index is 0.153. The zero-order valence-electron chi connectivity index (χ0n) is 10.7. The molecule has 1 amide bonds. The maximum atomic E-state index is 12.1. The first-order valence-electron chi connectivity index (χ1n) is 5.84. The number of carbonyl (C=O) groups is 1. The van der Waals surface area contributed by atoms with Gasteiger partial charge in [-0.25, -0.2) is 0 Å². The first-order valence-corrected chi connectivity index (χ1v) is 6.22. The van der Waals surface area contributed by atoms with Crippen LogP contribution in [0, 0.1) is 13.8 Å². The van der Waals surface area contributed by atoms with Crippen molar-refractivity contribution in [2.75, 3.05) is 5.32 Å². The van der Waals surface area contributed by atoms with Gasteiger partial charge in [-0.1, -0.05) is 17.7 Å². The highest BCUT2D eigenvalue weighted by atomic mass is 35.5. The lowest BCUT2D eigenvalue weighted by Gasteiger charge is -2.10. The predicted octanol–water partition coefficient (Wildman–Crippen LogP) is 3.91. The van der Waals surface area contributed by atoms with Crippen LogP contribution in [0.2, 0.25) is 5.02 Å². The Morgan fingerprint density at radius 3 is 2.63 bits per heavy atom. The van der Waals surface area contributed by atoms with Crippen molar-refractivity contribution in [1.82, 2.24) is 0 Å². The summed E-state index contributed by atoms with van der Waals surface area (Å²) in [6.07, 6.45) is 0. The van der Waals surface area contributed by atoms with E-state index in [-0.39, 0.29) is 11.7 Å². The molecular formula is C15H14ClNO2. The normalized spacial score (nSPS) is 10.3. The van der Waals surface area contributed by atoms with Crippen molar-refractivity contribution in [2.24, 2.45) is 0 Å². The van der Waals surface area contributed by atoms with Gasteiger partial charge in [-0.15, -0.1) is 0 Å². The monoisotopic (exact) mass is 275 g/mol. The van der Waals surface area contributed by atoms with Gasteiger partial charge >= 0.3 is 0 Å². The van der Waals surface area contributed by atoms with Crippen molar-refractivity contribution in [1.29, 1.82) is 0 Å². The minimum Gasteiger partial charge on any atom is -0.508 e. The van der Waals surface area contributed by atoms with E-state index in [0.717, 1.165) is 5.56 Å². The van der Waals surface area contributed by atoms with Crippen LogP contribution in [0.5, 0.6) is 5.75 Å². The molecular weight excluding hydrogens is 262 g/mol. The first kappa shape index (κ1) is 13.4. The third-order valence-electron chi connectivity index (χ3n) is 2.86. The average Bonchev–Trinajstić information content (AvgIpc) is 2.33. The number of hydrogen-bond donors (Lipinski definition) is 2. The molecule has 0 radical (unpaired) electrons. The van der Waals surface area contributed by atoms with E-state index in [1.54, 1.807) is 43.3 Å². The molecule has 19 heavy (non-hydrogen) atoms. The largest absolute Gasteiger partial charge is 0.508 e. The summed E-state index contributed by atoms with van der Waals surface area (Å²) >= 11 is 5.93. The Bertz CT molecular complexity index is 618. The molecule has 2 aromatic carbocycles. The van der Waals surface area contributed by atoms with Gasteiger partial charge in [0.05, 0.1) is 0 Å². The van der Waals surface area contributed by atoms with Gasteiger partial charge in [0.2, 0.25) is 0 Å². The van der Waals surface area contributed by atoms with Gasteiger partial charge in [-0.05, 0) is 49.7 Å². The van der Waals surface area contributed by atoms with Crippen molar-refractivity contribution < 1.29 is 9.90 Å². The van der Waals surface area contributed by atoms with Gasteiger partial charge in [0.25, 0.3) is 5.91 Å². The van der Waals surface area contributed by atoms with E-state index >= 15 is 0 Å². The van der Waals surface area contributed by atoms with Gasteiger partial charge in [0, 0.05) is 21.8 Å². The van der Waals surface area contributed by atoms with Crippen molar-refractivity contribution >= 4 is 23.2 Å². The summed E-state index contributed by atoms with van der Waals surface area (Å²) in [6.45, 7) is 3.62. The zero-order valence-corrected chi connectivity index (χ0v) is 11.5. The summed E-state index contributed by atoms with van der Waals surface area (Å²) in [5, 5.41) is 12.9. The molecule has 2 rings (SSSR count). The van der Waals surface area contributed by atoms with Crippen LogP contribution in [-0.4, -0.2) is 11.0 Å². The van der Waals surface area contributed by atoms with Crippen LogP contribution < -0.4 is 5.32 Å². The fraction of sp³-hybridized carbons (Fsp3) is 0.133. The second-order valence-electron chi connectivity index (χ2n) is 4.42. The van der Waals surface area contributed by atoms with Crippen LogP contribution in [-0.2, 0) is 0 Å². The molecule has 0 atom stereocenters. The van der Waals surface area contributed by atoms with Crippen LogP contribution in [0.15, 0.2) is 36.4 Å². The number of carbonyl (C=O) groups excluding carboxylic acids is 1. The Kier molecular flexibility index (Phi) is 3.76. The molecule has 98 valence electrons. The number of rotatable bonds is 2. The molecule has 0 aliphatic carbocycles. The van der Waals surface area contributed by atoms with Crippen molar-refractivity contribution in [3.63, 3.8) is 0 Å². The van der Waals surface area contributed by atoms with E-state index in [4.69, 9.17) is 11.6 Å². The fourth-order valence-electron chi connectivity index (χ4n) is 1.82. The second kappa shape index (κ2) is 5.33. The molecule has 4 heteroatoms. The van der Waals surface area contributed by atoms with E-state index in [0.29, 0.717) is 21.8 Å². The maximum Gasteiger partial charge on any atom is 0.255 e. The number of aryl methyl sites for hydroxylation is 1. The number of anilines is 1. The number of amides is 1. The van der Waals surface area contributed by atoms with Crippen LogP contribution in [0.3, 0.4) is 0 Å². The van der Waals surface area contributed by atoms with Crippen molar-refractivity contribution in [3.8, 4) is 5.75 Å². The SMILES string of the molecule is Cc1cc(Cl)cc(C(=O)Nc2cccc(O)c2C)c1. The Hall–Kier alpha value is -2.00. The zero-order chi connectivity index (χ0) is 14.0. The lowest BCUT2D eigenvalue weighted by atomic mass is 10.1. The molecule has 0 spiro atoms. The van der Waals surface area contributed by atoms with Crippen molar-refractivity contribution in [2.45, 2.75) is 13.8 Å². The highest BCUT2D eigenvalue weighted by Crippen LogP contribution is 2.24. The summed E-state index contributed by atoms with van der Waals surface area (Å²) in [7, 11) is 0. The van der Waals surface area contributed by atoms with Crippen LogP contribution in [0.25, 0.3) is 0 Å². The smallest absolute Gasteiger partial charge is 0.255 e. The number of phenolic OH excluding ortho intramolecular Hbond substituents is 1. The van der Waals surface area contributed by atoms with Gasteiger partial charge in [0.1, 0.15) is 5.75 Å². The van der Waals surface area contributed by atoms with Crippen LogP contribution in [0.1, 0.15) is 21.5 Å². The van der Waals surface area contributed by atoms with E-state index in [9.17, 15) is 9.90 Å². The third kappa shape index (κ3) is 3.06. The van der Waals surface area contributed by atoms with Crippen molar-refractivity contribution in [3.05, 3.63) is 58.1 Å². The van der Waals surface area contributed by atoms with E-state index in [1.807, 2.05) is 6.92 Å². The highest BCUT2D eigenvalue weighted by Gasteiger charge is 2.10. The minimum atomic E-state index is -0.251. The summed E-state index contributed by atoms with van der Waals surface area (Å²) in [5.74, 6) is -0.0978. The maximum absolute atomic E-state index is 12.1. The summed E-state index contributed by atoms with van der Waals surface area (Å²) < 4.78 is 0. The summed E-state index contributed by atoms with van der Waals surface area (Å²) in [5.41, 5.74) is 2.63. The average molecular weight is 276 g/mol. The molecule has 3 nitrogen and oxygen atoms in total. The molecule has 0 saturated heterocycles. The van der Waals surface area contributed by atoms with E-state index in [2.05, 4.69) is 5.32 Å². The Morgan fingerprint density at radius 1 is 1.21 bits per heavy atom. The number of phenols is 1. The molecule has 0 fully saturated rings. The molecule has 2 N–H and O–H groups in total. The van der Waals surface area contributed by atoms with E-state index < -0.39 is 0 Å². The predicted molar refractivity (Wildman–Crippen MR) is 77.0 cm³/mol. The number of benzene rings is 2. The Balaban J connectivity index is 2.28. The highest BCUT2D eigenvalue weighted by molar-refractivity contribution is 6.31. The van der Waals surface area contributed by atoms with E-state index in [1.165, 1.54) is 0 Å². The van der Waals surface area contributed by atoms with Crippen LogP contribution in [0.4, 0.5) is 5.69 Å². The molecule has 0 aromatic heterocycles. The summed E-state index contributed by atoms with van der Waals surface area (Å²) in [4.78, 5) is 12.1. The van der Waals surface area contributed by atoms with Crippen LogP contribution >= 0.6 is 11.6 Å². The Labute approximate surface area is 116 Å². The molecule has 0 aliphatic heterocycles. The fourth-order valence-corrected chi connectivity index (χ4v) is 2.11. The lowest BCUT2D eigenvalue weighted by molar-refractivity contribution is 0.102. The number of hydrogen-bond acceptors (Lipinski definition) is 2. The van der Waals surface area contributed by atoms with Gasteiger partial charge in [0.15, 0.2) is 0 Å². The molecule has 2 aromatic rings. The molecule has 0 bridgehead atoms. The quantitative estimate of drug-likeness (QED) is 0.873. The molecule has 0 aliphatic rings.